The molecule has 0 spiro atoms. The van der Waals surface area contributed by atoms with Crippen LogP contribution in [0.5, 0.6) is 0 Å². The zero-order chi connectivity index (χ0) is 11.4. The van der Waals surface area contributed by atoms with Crippen molar-refractivity contribution in [1.82, 2.24) is 5.16 Å². The summed E-state index contributed by atoms with van der Waals surface area (Å²) in [6.07, 6.45) is 0. The summed E-state index contributed by atoms with van der Waals surface area (Å²) in [4.78, 5) is 22.3. The fraction of sp³-hybridized carbons (Fsp3) is 0.375. The minimum Gasteiger partial charge on any atom is -0.463 e. The Hall–Kier alpha value is -1.37. The molecule has 0 radical (unpaired) electrons. The smallest absolute Gasteiger partial charge is 0.379 e. The standard InChI is InChI=1S/C8H9BrN2O4/c1-4-6(10-5(12)3-9)7(15-11-4)8(13)14-2/h3H2,1-2H3,(H,10,12). The maximum Gasteiger partial charge on any atom is 0.379 e. The molecule has 7 heteroatoms. The van der Waals surface area contributed by atoms with Gasteiger partial charge in [0.2, 0.25) is 5.91 Å². The zero-order valence-electron chi connectivity index (χ0n) is 8.17. The molecule has 0 atom stereocenters. The van der Waals surface area contributed by atoms with Crippen LogP contribution in [-0.2, 0) is 9.53 Å². The number of alkyl halides is 1. The molecule has 0 aliphatic heterocycles. The summed E-state index contributed by atoms with van der Waals surface area (Å²) in [5.41, 5.74) is 0.663. The van der Waals surface area contributed by atoms with E-state index in [9.17, 15) is 9.59 Å². The number of carbonyl (C=O) groups is 2. The largest absolute Gasteiger partial charge is 0.463 e. The third-order valence-corrected chi connectivity index (χ3v) is 2.13. The highest BCUT2D eigenvalue weighted by atomic mass is 79.9. The number of aryl methyl sites for hydroxylation is 1. The minimum atomic E-state index is -0.680. The summed E-state index contributed by atoms with van der Waals surface area (Å²) >= 11 is 2.98. The molecule has 15 heavy (non-hydrogen) atoms. The molecule has 0 bridgehead atoms. The van der Waals surface area contributed by atoms with Crippen molar-refractivity contribution in [3.63, 3.8) is 0 Å². The van der Waals surface area contributed by atoms with Gasteiger partial charge in [0.25, 0.3) is 5.76 Å². The first-order valence-corrected chi connectivity index (χ1v) is 5.12. The fourth-order valence-corrected chi connectivity index (χ4v) is 1.06. The lowest BCUT2D eigenvalue weighted by Crippen LogP contribution is -2.15. The molecular formula is C8H9BrN2O4. The quantitative estimate of drug-likeness (QED) is 0.661. The number of hydrogen-bond donors (Lipinski definition) is 1. The number of methoxy groups -OCH3 is 1. The number of ether oxygens (including phenoxy) is 1. The van der Waals surface area contributed by atoms with Crippen molar-refractivity contribution in [2.45, 2.75) is 6.92 Å². The number of nitrogens with zero attached hydrogens (tertiary/aromatic N) is 1. The molecule has 0 saturated heterocycles. The molecule has 0 aliphatic carbocycles. The van der Waals surface area contributed by atoms with Crippen molar-refractivity contribution in [2.75, 3.05) is 17.8 Å². The van der Waals surface area contributed by atoms with E-state index in [-0.39, 0.29) is 22.7 Å². The molecule has 1 aromatic heterocycles. The predicted octanol–water partition coefficient (Wildman–Crippen LogP) is 1.10. The van der Waals surface area contributed by atoms with E-state index in [2.05, 4.69) is 31.1 Å². The molecule has 6 nitrogen and oxygen atoms in total. The normalized spacial score (nSPS) is 9.80. The number of rotatable bonds is 3. The van der Waals surface area contributed by atoms with Gasteiger partial charge < -0.3 is 14.6 Å². The Bertz CT molecular complexity index is 388. The monoisotopic (exact) mass is 276 g/mol. The Morgan fingerprint density at radius 3 is 2.80 bits per heavy atom. The van der Waals surface area contributed by atoms with Gasteiger partial charge in [-0.25, -0.2) is 4.79 Å². The highest BCUT2D eigenvalue weighted by Gasteiger charge is 2.22. The van der Waals surface area contributed by atoms with Crippen LogP contribution in [0.4, 0.5) is 5.69 Å². The third-order valence-electron chi connectivity index (χ3n) is 1.62. The van der Waals surface area contributed by atoms with E-state index in [1.54, 1.807) is 6.92 Å². The van der Waals surface area contributed by atoms with Gasteiger partial charge >= 0.3 is 5.97 Å². The van der Waals surface area contributed by atoms with E-state index in [1.807, 2.05) is 0 Å². The number of anilines is 1. The molecule has 1 amide bonds. The van der Waals surface area contributed by atoms with Crippen LogP contribution >= 0.6 is 15.9 Å². The lowest BCUT2D eigenvalue weighted by Gasteiger charge is -2.01. The molecule has 1 N–H and O–H groups in total. The average Bonchev–Trinajstić information content (AvgIpc) is 2.59. The summed E-state index contributed by atoms with van der Waals surface area (Å²) in [6.45, 7) is 1.61. The van der Waals surface area contributed by atoms with E-state index in [0.717, 1.165) is 0 Å². The minimum absolute atomic E-state index is 0.107. The Morgan fingerprint density at radius 1 is 1.60 bits per heavy atom. The molecule has 1 heterocycles. The Balaban J connectivity index is 2.99. The summed E-state index contributed by atoms with van der Waals surface area (Å²) in [6, 6.07) is 0. The van der Waals surface area contributed by atoms with Gasteiger partial charge in [0.15, 0.2) is 0 Å². The molecule has 0 aliphatic rings. The van der Waals surface area contributed by atoms with Gasteiger partial charge in [0.1, 0.15) is 11.4 Å². The Morgan fingerprint density at radius 2 is 2.27 bits per heavy atom. The first kappa shape index (κ1) is 11.7. The molecule has 82 valence electrons. The number of aromatic nitrogens is 1. The highest BCUT2D eigenvalue weighted by Crippen LogP contribution is 2.20. The fourth-order valence-electron chi connectivity index (χ4n) is 0.922. The molecule has 0 aromatic carbocycles. The zero-order valence-corrected chi connectivity index (χ0v) is 9.75. The van der Waals surface area contributed by atoms with E-state index in [4.69, 9.17) is 4.52 Å². The first-order chi connectivity index (χ1) is 7.10. The number of nitrogens with one attached hydrogen (secondary N) is 1. The Kier molecular flexibility index (Phi) is 3.84. The van der Waals surface area contributed by atoms with Gasteiger partial charge in [-0.15, -0.1) is 0 Å². The van der Waals surface area contributed by atoms with Gasteiger partial charge in [-0.1, -0.05) is 21.1 Å². The number of hydrogen-bond acceptors (Lipinski definition) is 5. The SMILES string of the molecule is COC(=O)c1onc(C)c1NC(=O)CBr. The maximum atomic E-state index is 11.2. The Labute approximate surface area is 94.1 Å². The molecule has 0 unspecified atom stereocenters. The lowest BCUT2D eigenvalue weighted by atomic mass is 10.3. The van der Waals surface area contributed by atoms with E-state index >= 15 is 0 Å². The van der Waals surface area contributed by atoms with Gasteiger partial charge in [-0.3, -0.25) is 4.79 Å². The second kappa shape index (κ2) is 4.92. The van der Waals surface area contributed by atoms with Crippen LogP contribution in [0.2, 0.25) is 0 Å². The van der Waals surface area contributed by atoms with Crippen molar-refractivity contribution < 1.29 is 18.8 Å². The van der Waals surface area contributed by atoms with Crippen molar-refractivity contribution in [3.8, 4) is 0 Å². The first-order valence-electron chi connectivity index (χ1n) is 4.00. The van der Waals surface area contributed by atoms with Crippen molar-refractivity contribution >= 4 is 33.5 Å². The van der Waals surface area contributed by atoms with Crippen LogP contribution in [0, 0.1) is 6.92 Å². The van der Waals surface area contributed by atoms with Crippen LogP contribution < -0.4 is 5.32 Å². The van der Waals surface area contributed by atoms with Crippen LogP contribution in [0.3, 0.4) is 0 Å². The van der Waals surface area contributed by atoms with Gasteiger partial charge in [0, 0.05) is 0 Å². The lowest BCUT2D eigenvalue weighted by molar-refractivity contribution is -0.113. The third kappa shape index (κ3) is 2.56. The van der Waals surface area contributed by atoms with Crippen molar-refractivity contribution in [3.05, 3.63) is 11.5 Å². The number of esters is 1. The second-order valence-electron chi connectivity index (χ2n) is 2.65. The molecule has 1 aromatic rings. The molecule has 0 saturated carbocycles. The number of amides is 1. The highest BCUT2D eigenvalue weighted by molar-refractivity contribution is 9.09. The molecule has 1 rings (SSSR count). The van der Waals surface area contributed by atoms with Crippen molar-refractivity contribution in [1.29, 1.82) is 0 Å². The summed E-state index contributed by atoms with van der Waals surface area (Å²) < 4.78 is 9.21. The van der Waals surface area contributed by atoms with Crippen LogP contribution in [-0.4, -0.2) is 29.5 Å². The average molecular weight is 277 g/mol. The van der Waals surface area contributed by atoms with Crippen LogP contribution in [0.15, 0.2) is 4.52 Å². The van der Waals surface area contributed by atoms with Gasteiger partial charge in [0.05, 0.1) is 12.4 Å². The molecule has 0 fully saturated rings. The predicted molar refractivity (Wildman–Crippen MR) is 55.0 cm³/mol. The van der Waals surface area contributed by atoms with E-state index in [1.165, 1.54) is 7.11 Å². The number of halogens is 1. The van der Waals surface area contributed by atoms with Gasteiger partial charge in [-0.05, 0) is 6.92 Å². The van der Waals surface area contributed by atoms with E-state index in [0.29, 0.717) is 5.69 Å². The summed E-state index contributed by atoms with van der Waals surface area (Å²) in [7, 11) is 1.22. The topological polar surface area (TPSA) is 81.4 Å². The van der Waals surface area contributed by atoms with E-state index < -0.39 is 5.97 Å². The number of carbonyl (C=O) groups excluding carboxylic acids is 2. The maximum absolute atomic E-state index is 11.2. The second-order valence-corrected chi connectivity index (χ2v) is 3.21. The van der Waals surface area contributed by atoms with Crippen LogP contribution in [0.1, 0.15) is 16.2 Å². The van der Waals surface area contributed by atoms with Gasteiger partial charge in [-0.2, -0.15) is 0 Å². The summed E-state index contributed by atoms with van der Waals surface area (Å²) in [5, 5.41) is 6.17. The summed E-state index contributed by atoms with van der Waals surface area (Å²) in [5.74, 6) is -1.09. The van der Waals surface area contributed by atoms with Crippen LogP contribution in [0.25, 0.3) is 0 Å². The molecular weight excluding hydrogens is 268 g/mol. The van der Waals surface area contributed by atoms with Crippen molar-refractivity contribution in [2.24, 2.45) is 0 Å².